The highest BCUT2D eigenvalue weighted by atomic mass is 19.4. The van der Waals surface area contributed by atoms with Crippen molar-refractivity contribution in [3.05, 3.63) is 41.3 Å². The van der Waals surface area contributed by atoms with E-state index in [0.717, 1.165) is 30.9 Å². The van der Waals surface area contributed by atoms with Gasteiger partial charge in [0, 0.05) is 25.2 Å². The van der Waals surface area contributed by atoms with Crippen LogP contribution in [0.4, 0.5) is 13.2 Å². The number of oxazole rings is 1. The zero-order valence-corrected chi connectivity index (χ0v) is 14.4. The molecule has 1 aromatic carbocycles. The summed E-state index contributed by atoms with van der Waals surface area (Å²) in [5, 5.41) is 0. The van der Waals surface area contributed by atoms with Crippen molar-refractivity contribution < 1.29 is 22.3 Å². The van der Waals surface area contributed by atoms with Crippen molar-refractivity contribution in [2.45, 2.75) is 45.7 Å². The first-order chi connectivity index (χ1) is 11.7. The zero-order chi connectivity index (χ0) is 18.2. The van der Waals surface area contributed by atoms with Gasteiger partial charge in [-0.1, -0.05) is 6.07 Å². The second-order valence-electron chi connectivity index (χ2n) is 6.55. The Balaban J connectivity index is 1.81. The minimum Gasteiger partial charge on any atom is -0.441 e. The lowest BCUT2D eigenvalue weighted by Gasteiger charge is -2.34. The third-order valence-electron chi connectivity index (χ3n) is 4.20. The summed E-state index contributed by atoms with van der Waals surface area (Å²) in [6.45, 7) is 7.99. The molecule has 7 heteroatoms. The van der Waals surface area contributed by atoms with Crippen LogP contribution < -0.4 is 0 Å². The van der Waals surface area contributed by atoms with E-state index in [4.69, 9.17) is 9.15 Å². The fourth-order valence-electron chi connectivity index (χ4n) is 3.15. The van der Waals surface area contributed by atoms with Crippen LogP contribution in [0, 0.1) is 6.92 Å². The Bertz CT molecular complexity index is 732. The predicted octanol–water partition coefficient (Wildman–Crippen LogP) is 4.28. The molecule has 25 heavy (non-hydrogen) atoms. The Morgan fingerprint density at radius 1 is 1.20 bits per heavy atom. The number of ether oxygens (including phenoxy) is 1. The van der Waals surface area contributed by atoms with Crippen molar-refractivity contribution >= 4 is 0 Å². The van der Waals surface area contributed by atoms with E-state index in [1.165, 1.54) is 6.07 Å². The molecule has 0 unspecified atom stereocenters. The van der Waals surface area contributed by atoms with Gasteiger partial charge in [0.15, 0.2) is 0 Å². The molecule has 1 aromatic heterocycles. The highest BCUT2D eigenvalue weighted by Gasteiger charge is 2.31. The second-order valence-corrected chi connectivity index (χ2v) is 6.55. The van der Waals surface area contributed by atoms with E-state index in [-0.39, 0.29) is 18.1 Å². The van der Waals surface area contributed by atoms with Gasteiger partial charge in [-0.05, 0) is 39.0 Å². The van der Waals surface area contributed by atoms with Crippen molar-refractivity contribution in [1.82, 2.24) is 9.88 Å². The highest BCUT2D eigenvalue weighted by molar-refractivity contribution is 5.55. The average Bonchev–Trinajstić information content (AvgIpc) is 2.87. The molecule has 3 rings (SSSR count). The molecule has 2 atom stereocenters. The van der Waals surface area contributed by atoms with Gasteiger partial charge in [-0.25, -0.2) is 4.98 Å². The third-order valence-corrected chi connectivity index (χ3v) is 4.20. The molecule has 0 amide bonds. The van der Waals surface area contributed by atoms with Crippen LogP contribution in [-0.4, -0.2) is 35.2 Å². The normalized spacial score (nSPS) is 22.3. The second kappa shape index (κ2) is 6.80. The molecule has 2 aromatic rings. The summed E-state index contributed by atoms with van der Waals surface area (Å²) < 4.78 is 50.0. The topological polar surface area (TPSA) is 38.5 Å². The van der Waals surface area contributed by atoms with Crippen molar-refractivity contribution in [2.75, 3.05) is 13.1 Å². The lowest BCUT2D eigenvalue weighted by Crippen LogP contribution is -2.44. The van der Waals surface area contributed by atoms with E-state index in [2.05, 4.69) is 9.88 Å². The minimum atomic E-state index is -4.39. The van der Waals surface area contributed by atoms with E-state index in [1.807, 2.05) is 13.8 Å². The van der Waals surface area contributed by atoms with Crippen LogP contribution in [0.25, 0.3) is 11.5 Å². The summed E-state index contributed by atoms with van der Waals surface area (Å²) in [6, 6.07) is 5.04. The van der Waals surface area contributed by atoms with Crippen LogP contribution in [0.2, 0.25) is 0 Å². The minimum absolute atomic E-state index is 0.138. The van der Waals surface area contributed by atoms with E-state index in [9.17, 15) is 13.2 Å². The van der Waals surface area contributed by atoms with Crippen LogP contribution in [0.1, 0.15) is 30.9 Å². The summed E-state index contributed by atoms with van der Waals surface area (Å²) >= 11 is 0. The van der Waals surface area contributed by atoms with Gasteiger partial charge in [0.05, 0.1) is 23.5 Å². The molecule has 1 fully saturated rings. The largest absolute Gasteiger partial charge is 0.441 e. The molecular formula is C18H21F3N2O2. The lowest BCUT2D eigenvalue weighted by molar-refractivity contribution is -0.137. The van der Waals surface area contributed by atoms with Gasteiger partial charge < -0.3 is 9.15 Å². The summed E-state index contributed by atoms with van der Waals surface area (Å²) in [5.41, 5.74) is 0.361. The Morgan fingerprint density at radius 2 is 1.88 bits per heavy atom. The molecule has 0 spiro atoms. The number of aryl methyl sites for hydroxylation is 1. The number of hydrogen-bond donors (Lipinski definition) is 0. The average molecular weight is 354 g/mol. The number of alkyl halides is 3. The molecule has 1 saturated heterocycles. The number of benzene rings is 1. The number of morpholine rings is 1. The molecular weight excluding hydrogens is 333 g/mol. The first-order valence-electron chi connectivity index (χ1n) is 8.24. The summed E-state index contributed by atoms with van der Waals surface area (Å²) in [4.78, 5) is 6.65. The number of aromatic nitrogens is 1. The molecule has 0 N–H and O–H groups in total. The smallest absolute Gasteiger partial charge is 0.416 e. The Hall–Kier alpha value is -1.86. The third kappa shape index (κ3) is 4.22. The lowest BCUT2D eigenvalue weighted by atomic mass is 10.1. The van der Waals surface area contributed by atoms with Crippen molar-refractivity contribution in [1.29, 1.82) is 0 Å². The van der Waals surface area contributed by atoms with E-state index in [1.54, 1.807) is 13.0 Å². The number of halogens is 3. The van der Waals surface area contributed by atoms with Crippen LogP contribution in [-0.2, 0) is 17.5 Å². The number of nitrogens with zero attached hydrogens (tertiary/aromatic N) is 2. The van der Waals surface area contributed by atoms with Gasteiger partial charge in [-0.15, -0.1) is 0 Å². The van der Waals surface area contributed by atoms with Crippen LogP contribution in [0.15, 0.2) is 28.7 Å². The fourth-order valence-corrected chi connectivity index (χ4v) is 3.15. The van der Waals surface area contributed by atoms with Crippen molar-refractivity contribution in [3.8, 4) is 11.5 Å². The van der Waals surface area contributed by atoms with Crippen LogP contribution in [0.3, 0.4) is 0 Å². The van der Waals surface area contributed by atoms with E-state index < -0.39 is 11.7 Å². The molecule has 0 bridgehead atoms. The number of rotatable bonds is 3. The maximum atomic E-state index is 12.9. The molecule has 0 aliphatic carbocycles. The van der Waals surface area contributed by atoms with Gasteiger partial charge in [0.25, 0.3) is 0 Å². The monoisotopic (exact) mass is 354 g/mol. The standard InChI is InChI=1S/C18H21F3N2O2/c1-11-8-23(9-12(2)24-11)10-16-13(3)25-17(22-16)14-5-4-6-15(7-14)18(19,20)21/h4-7,11-12H,8-10H2,1-3H3/t11-,12+. The molecule has 0 saturated carbocycles. The van der Waals surface area contributed by atoms with Crippen LogP contribution >= 0.6 is 0 Å². The SMILES string of the molecule is Cc1oc(-c2cccc(C(F)(F)F)c2)nc1CN1C[C@@H](C)O[C@@H](C)C1. The van der Waals surface area contributed by atoms with Gasteiger partial charge in [-0.2, -0.15) is 13.2 Å². The first-order valence-corrected chi connectivity index (χ1v) is 8.24. The molecule has 2 heterocycles. The van der Waals surface area contributed by atoms with Gasteiger partial charge >= 0.3 is 6.18 Å². The van der Waals surface area contributed by atoms with E-state index >= 15 is 0 Å². The van der Waals surface area contributed by atoms with Crippen molar-refractivity contribution in [3.63, 3.8) is 0 Å². The highest BCUT2D eigenvalue weighted by Crippen LogP contribution is 2.32. The Kier molecular flexibility index (Phi) is 4.88. The van der Waals surface area contributed by atoms with Gasteiger partial charge in [0.2, 0.25) is 5.89 Å². The van der Waals surface area contributed by atoms with E-state index in [0.29, 0.717) is 17.9 Å². The number of hydrogen-bond acceptors (Lipinski definition) is 4. The molecule has 1 aliphatic rings. The fraction of sp³-hybridized carbons (Fsp3) is 0.500. The summed E-state index contributed by atoms with van der Waals surface area (Å²) in [5.74, 6) is 0.840. The maximum absolute atomic E-state index is 12.9. The predicted molar refractivity (Wildman–Crippen MR) is 87.0 cm³/mol. The first kappa shape index (κ1) is 17.9. The summed E-state index contributed by atoms with van der Waals surface area (Å²) in [6.07, 6.45) is -4.11. The quantitative estimate of drug-likeness (QED) is 0.825. The molecule has 4 nitrogen and oxygen atoms in total. The Labute approximate surface area is 144 Å². The molecule has 1 aliphatic heterocycles. The van der Waals surface area contributed by atoms with Crippen LogP contribution in [0.5, 0.6) is 0 Å². The van der Waals surface area contributed by atoms with Gasteiger partial charge in [-0.3, -0.25) is 4.90 Å². The van der Waals surface area contributed by atoms with Crippen molar-refractivity contribution in [2.24, 2.45) is 0 Å². The van der Waals surface area contributed by atoms with Gasteiger partial charge in [0.1, 0.15) is 5.76 Å². The summed E-state index contributed by atoms with van der Waals surface area (Å²) in [7, 11) is 0. The molecule has 0 radical (unpaired) electrons. The maximum Gasteiger partial charge on any atom is 0.416 e. The molecule has 136 valence electrons. The zero-order valence-electron chi connectivity index (χ0n) is 14.4. The Morgan fingerprint density at radius 3 is 2.52 bits per heavy atom.